The Hall–Kier alpha value is -3.64. The first-order valence-electron chi connectivity index (χ1n) is 10.1. The summed E-state index contributed by atoms with van der Waals surface area (Å²) in [4.78, 5) is 30.2. The van der Waals surface area contributed by atoms with Gasteiger partial charge in [-0.15, -0.1) is 0 Å². The fourth-order valence-electron chi connectivity index (χ4n) is 4.71. The third-order valence-electron chi connectivity index (χ3n) is 6.26. The number of carbonyl (C=O) groups excluding carboxylic acids is 2. The van der Waals surface area contributed by atoms with Gasteiger partial charge in [-0.25, -0.2) is 0 Å². The van der Waals surface area contributed by atoms with E-state index >= 15 is 0 Å². The van der Waals surface area contributed by atoms with Crippen molar-refractivity contribution in [3.05, 3.63) is 89.5 Å². The minimum Gasteiger partial charge on any atom is -0.497 e. The fourth-order valence-corrected chi connectivity index (χ4v) is 4.71. The highest BCUT2D eigenvalue weighted by atomic mass is 16.5. The number of para-hydroxylation sites is 1. The van der Waals surface area contributed by atoms with Gasteiger partial charge in [0, 0.05) is 18.3 Å². The van der Waals surface area contributed by atoms with Crippen LogP contribution < -0.4 is 14.5 Å². The fraction of sp³-hybridized carbons (Fsp3) is 0.200. The van der Waals surface area contributed by atoms with E-state index in [1.807, 2.05) is 42.5 Å². The third kappa shape index (κ3) is 2.68. The second kappa shape index (κ2) is 6.96. The molecule has 0 aromatic heterocycles. The molecule has 2 amide bonds. The number of fused-ring (bicyclic) bond motifs is 2. The summed E-state index contributed by atoms with van der Waals surface area (Å²) in [5.41, 5.74) is 1.24. The van der Waals surface area contributed by atoms with Gasteiger partial charge in [0.2, 0.25) is 5.91 Å². The van der Waals surface area contributed by atoms with Crippen LogP contribution in [0.25, 0.3) is 0 Å². The average molecular weight is 414 g/mol. The number of hydrogen-bond donors (Lipinski definition) is 1. The van der Waals surface area contributed by atoms with Gasteiger partial charge in [-0.3, -0.25) is 9.59 Å². The summed E-state index contributed by atoms with van der Waals surface area (Å²) >= 11 is 0. The quantitative estimate of drug-likeness (QED) is 0.712. The topological polar surface area (TPSA) is 70.1 Å². The molecule has 0 spiro atoms. The smallest absolute Gasteiger partial charge is 0.265 e. The largest absolute Gasteiger partial charge is 0.497 e. The molecule has 3 aromatic rings. The number of amides is 2. The minimum atomic E-state index is -2.01. The van der Waals surface area contributed by atoms with Gasteiger partial charge < -0.3 is 19.6 Å². The van der Waals surface area contributed by atoms with Gasteiger partial charge in [-0.2, -0.15) is 0 Å². The van der Waals surface area contributed by atoms with Crippen molar-refractivity contribution in [1.82, 2.24) is 0 Å². The number of anilines is 2. The molecule has 2 aliphatic heterocycles. The van der Waals surface area contributed by atoms with Crippen LogP contribution in [0, 0.1) is 0 Å². The maximum Gasteiger partial charge on any atom is 0.265 e. The zero-order chi connectivity index (χ0) is 21.8. The lowest BCUT2D eigenvalue weighted by Gasteiger charge is -2.28. The number of rotatable bonds is 4. The molecule has 2 aliphatic rings. The van der Waals surface area contributed by atoms with Gasteiger partial charge in [0.15, 0.2) is 5.60 Å². The Morgan fingerprint density at radius 1 is 0.968 bits per heavy atom. The molecule has 2 atom stereocenters. The molecule has 31 heavy (non-hydrogen) atoms. The number of likely N-dealkylation sites (N-methyl/N-ethyl adjacent to an activating group) is 1. The predicted octanol–water partition coefficient (Wildman–Crippen LogP) is 3.19. The van der Waals surface area contributed by atoms with Crippen LogP contribution in [0.1, 0.15) is 22.6 Å². The molecule has 0 radical (unpaired) electrons. The summed E-state index contributed by atoms with van der Waals surface area (Å²) in [5.74, 6) is -1.32. The highest BCUT2D eigenvalue weighted by Crippen LogP contribution is 2.53. The predicted molar refractivity (Wildman–Crippen MR) is 117 cm³/mol. The second-order valence-corrected chi connectivity index (χ2v) is 7.92. The second-order valence-electron chi connectivity index (χ2n) is 7.92. The number of hydrogen-bond acceptors (Lipinski definition) is 4. The molecule has 5 rings (SSSR count). The maximum atomic E-state index is 13.8. The van der Waals surface area contributed by atoms with Crippen LogP contribution in [-0.2, 0) is 21.7 Å². The molecular weight excluding hydrogens is 392 g/mol. The summed E-state index contributed by atoms with van der Waals surface area (Å²) in [6.07, 6.45) is 0. The van der Waals surface area contributed by atoms with Gasteiger partial charge in [0.05, 0.1) is 19.3 Å². The van der Waals surface area contributed by atoms with Crippen molar-refractivity contribution in [2.45, 2.75) is 18.1 Å². The van der Waals surface area contributed by atoms with Crippen molar-refractivity contribution >= 4 is 23.2 Å². The summed E-state index contributed by atoms with van der Waals surface area (Å²) in [6, 6.07) is 22.0. The first-order valence-corrected chi connectivity index (χ1v) is 10.1. The van der Waals surface area contributed by atoms with E-state index in [-0.39, 0.29) is 5.91 Å². The van der Waals surface area contributed by atoms with Crippen molar-refractivity contribution in [2.75, 3.05) is 24.0 Å². The zero-order valence-corrected chi connectivity index (χ0v) is 17.3. The van der Waals surface area contributed by atoms with Crippen LogP contribution in [0.4, 0.5) is 11.4 Å². The molecule has 0 fully saturated rings. The van der Waals surface area contributed by atoms with E-state index in [2.05, 4.69) is 0 Å². The lowest BCUT2D eigenvalue weighted by molar-refractivity contribution is -0.144. The molecule has 1 N–H and O–H groups in total. The van der Waals surface area contributed by atoms with E-state index in [4.69, 9.17) is 4.74 Å². The summed E-state index contributed by atoms with van der Waals surface area (Å²) in [7, 11) is 3.20. The van der Waals surface area contributed by atoms with Crippen molar-refractivity contribution in [2.24, 2.45) is 0 Å². The number of ether oxygens (including phenoxy) is 1. The van der Waals surface area contributed by atoms with Crippen molar-refractivity contribution in [3.63, 3.8) is 0 Å². The molecule has 0 saturated heterocycles. The van der Waals surface area contributed by atoms with Gasteiger partial charge in [-0.05, 0) is 35.4 Å². The Kier molecular flexibility index (Phi) is 4.34. The molecule has 6 nitrogen and oxygen atoms in total. The monoisotopic (exact) mass is 414 g/mol. The van der Waals surface area contributed by atoms with E-state index in [0.717, 1.165) is 5.56 Å². The number of carbonyl (C=O) groups is 2. The van der Waals surface area contributed by atoms with E-state index in [9.17, 15) is 14.7 Å². The third-order valence-corrected chi connectivity index (χ3v) is 6.26. The molecule has 0 bridgehead atoms. The van der Waals surface area contributed by atoms with Crippen LogP contribution in [0.15, 0.2) is 72.8 Å². The first-order chi connectivity index (χ1) is 15.0. The molecule has 0 saturated carbocycles. The van der Waals surface area contributed by atoms with Gasteiger partial charge in [0.1, 0.15) is 11.7 Å². The Balaban J connectivity index is 1.66. The van der Waals surface area contributed by atoms with Crippen LogP contribution in [0.5, 0.6) is 5.75 Å². The summed E-state index contributed by atoms with van der Waals surface area (Å²) in [5, 5.41) is 12.0. The van der Waals surface area contributed by atoms with Crippen molar-refractivity contribution in [1.29, 1.82) is 0 Å². The standard InChI is InChI=1S/C25H22N2O4/c1-26-20-13-12-17(31-2)14-18(20)22(23(26)28)25(30)19-10-6-7-11-21(19)27(24(25)29)15-16-8-4-3-5-9-16/h3-14,22,30H,15H2,1-2H3. The Morgan fingerprint density at radius 2 is 1.68 bits per heavy atom. The van der Waals surface area contributed by atoms with Gasteiger partial charge >= 0.3 is 0 Å². The van der Waals surface area contributed by atoms with Gasteiger partial charge in [-0.1, -0.05) is 48.5 Å². The molecular formula is C25H22N2O4. The molecule has 2 unspecified atom stereocenters. The van der Waals surface area contributed by atoms with Crippen molar-refractivity contribution in [3.8, 4) is 5.75 Å². The summed E-state index contributed by atoms with van der Waals surface area (Å²) in [6.45, 7) is 0.306. The Morgan fingerprint density at radius 3 is 2.42 bits per heavy atom. The zero-order valence-electron chi connectivity index (χ0n) is 17.3. The normalized spacial score (nSPS) is 22.0. The average Bonchev–Trinajstić information content (AvgIpc) is 3.18. The van der Waals surface area contributed by atoms with E-state index in [0.29, 0.717) is 34.8 Å². The molecule has 3 aromatic carbocycles. The molecule has 156 valence electrons. The van der Waals surface area contributed by atoms with E-state index in [1.54, 1.807) is 49.4 Å². The summed E-state index contributed by atoms with van der Waals surface area (Å²) < 4.78 is 5.34. The first kappa shape index (κ1) is 19.3. The number of nitrogens with zero attached hydrogens (tertiary/aromatic N) is 2. The Labute approximate surface area is 180 Å². The maximum absolute atomic E-state index is 13.8. The van der Waals surface area contributed by atoms with E-state index in [1.165, 1.54) is 4.90 Å². The molecule has 0 aliphatic carbocycles. The lowest BCUT2D eigenvalue weighted by atomic mass is 9.78. The number of methoxy groups -OCH3 is 1. The highest BCUT2D eigenvalue weighted by molar-refractivity contribution is 6.15. The van der Waals surface area contributed by atoms with Crippen molar-refractivity contribution < 1.29 is 19.4 Å². The lowest BCUT2D eigenvalue weighted by Crippen LogP contribution is -2.47. The number of benzene rings is 3. The van der Waals surface area contributed by atoms with Crippen LogP contribution in [0.2, 0.25) is 0 Å². The highest BCUT2D eigenvalue weighted by Gasteiger charge is 2.60. The SMILES string of the molecule is COc1ccc2c(c1)C(C1(O)C(=O)N(Cc3ccccc3)c3ccccc31)C(=O)N2C. The van der Waals surface area contributed by atoms with Crippen LogP contribution >= 0.6 is 0 Å². The van der Waals surface area contributed by atoms with E-state index < -0.39 is 17.4 Å². The van der Waals surface area contributed by atoms with Gasteiger partial charge in [0.25, 0.3) is 5.91 Å². The minimum absolute atomic E-state index is 0.306. The molecule has 2 heterocycles. The van der Waals surface area contributed by atoms with Crippen LogP contribution in [0.3, 0.4) is 0 Å². The Bertz CT molecular complexity index is 1190. The van der Waals surface area contributed by atoms with Crippen LogP contribution in [-0.4, -0.2) is 31.1 Å². The molecule has 6 heteroatoms. The number of aliphatic hydroxyl groups is 1.